The number of H-pyrrole nitrogens is 1. The largest absolute Gasteiger partial charge is 0.368 e. The van der Waals surface area contributed by atoms with E-state index >= 15 is 0 Å². The van der Waals surface area contributed by atoms with Crippen LogP contribution < -0.4 is 10.6 Å². The number of hydrogen-bond donors (Lipinski definition) is 3. The Hall–Kier alpha value is -1.50. The zero-order chi connectivity index (χ0) is 13.9. The summed E-state index contributed by atoms with van der Waals surface area (Å²) in [6, 6.07) is 0. The van der Waals surface area contributed by atoms with Crippen LogP contribution in [0.1, 0.15) is 20.8 Å². The minimum atomic E-state index is 0.152. The minimum Gasteiger partial charge on any atom is -0.368 e. The molecule has 0 bridgehead atoms. The van der Waals surface area contributed by atoms with Gasteiger partial charge in [-0.2, -0.15) is 26.8 Å². The maximum atomic E-state index is 4.50. The van der Waals surface area contributed by atoms with E-state index in [-0.39, 0.29) is 4.75 Å². The van der Waals surface area contributed by atoms with E-state index in [0.717, 1.165) is 29.9 Å². The maximum absolute atomic E-state index is 4.50. The molecule has 0 aromatic carbocycles. The van der Waals surface area contributed by atoms with Crippen molar-refractivity contribution in [2.45, 2.75) is 25.5 Å². The predicted octanol–water partition coefficient (Wildman–Crippen LogP) is 2.34. The van der Waals surface area contributed by atoms with E-state index in [1.807, 2.05) is 18.7 Å². The molecule has 0 aliphatic rings. The van der Waals surface area contributed by atoms with Crippen LogP contribution >= 0.6 is 11.8 Å². The van der Waals surface area contributed by atoms with Gasteiger partial charge in [0.1, 0.15) is 5.82 Å². The molecule has 19 heavy (non-hydrogen) atoms. The van der Waals surface area contributed by atoms with Crippen LogP contribution in [0.4, 0.5) is 11.8 Å². The van der Waals surface area contributed by atoms with Crippen LogP contribution in [-0.4, -0.2) is 44.3 Å². The molecule has 2 aromatic heterocycles. The number of aromatic nitrogens is 4. The van der Waals surface area contributed by atoms with Crippen molar-refractivity contribution in [1.82, 2.24) is 20.2 Å². The molecule has 0 radical (unpaired) electrons. The van der Waals surface area contributed by atoms with Gasteiger partial charge in [0.15, 0.2) is 5.65 Å². The zero-order valence-electron chi connectivity index (χ0n) is 11.7. The van der Waals surface area contributed by atoms with Crippen LogP contribution in [0.15, 0.2) is 6.20 Å². The Bertz CT molecular complexity index is 550. The molecule has 0 unspecified atom stereocenters. The van der Waals surface area contributed by atoms with Crippen molar-refractivity contribution < 1.29 is 0 Å². The molecule has 0 aliphatic carbocycles. The molecule has 7 heteroatoms. The first-order chi connectivity index (χ1) is 9.05. The Labute approximate surface area is 117 Å². The summed E-state index contributed by atoms with van der Waals surface area (Å²) < 4.78 is 0.152. The third-order valence-corrected chi connectivity index (χ3v) is 4.13. The Balaban J connectivity index is 2.27. The lowest BCUT2D eigenvalue weighted by Gasteiger charge is -2.22. The highest BCUT2D eigenvalue weighted by atomic mass is 32.2. The Kier molecular flexibility index (Phi) is 4.14. The number of nitrogens with zero attached hydrogens (tertiary/aromatic N) is 3. The lowest BCUT2D eigenvalue weighted by atomic mass is 10.2. The van der Waals surface area contributed by atoms with Gasteiger partial charge in [-0.3, -0.25) is 5.10 Å². The predicted molar refractivity (Wildman–Crippen MR) is 81.9 cm³/mol. The standard InChI is InChI=1S/C12H20N6S/c1-5-13-11-16-9(14-7-12(2,3)19-4)8-6-15-18-10(8)17-11/h6H,5,7H2,1-4H3,(H3,13,14,15,16,17,18). The smallest absolute Gasteiger partial charge is 0.226 e. The van der Waals surface area contributed by atoms with Crippen LogP contribution in [-0.2, 0) is 0 Å². The van der Waals surface area contributed by atoms with Crippen molar-refractivity contribution in [1.29, 1.82) is 0 Å². The van der Waals surface area contributed by atoms with Crippen molar-refractivity contribution in [2.75, 3.05) is 30.0 Å². The normalized spacial score (nSPS) is 11.8. The lowest BCUT2D eigenvalue weighted by molar-refractivity contribution is 0.750. The van der Waals surface area contributed by atoms with Gasteiger partial charge in [-0.05, 0) is 27.0 Å². The number of fused-ring (bicyclic) bond motifs is 1. The average Bonchev–Trinajstić information content (AvgIpc) is 2.85. The summed E-state index contributed by atoms with van der Waals surface area (Å²) in [5.41, 5.74) is 0.746. The topological polar surface area (TPSA) is 78.5 Å². The fraction of sp³-hybridized carbons (Fsp3) is 0.583. The first-order valence-corrected chi connectivity index (χ1v) is 7.52. The number of hydrogen-bond acceptors (Lipinski definition) is 6. The molecule has 0 spiro atoms. The van der Waals surface area contributed by atoms with Gasteiger partial charge in [-0.25, -0.2) is 0 Å². The molecule has 2 aromatic rings. The Morgan fingerprint density at radius 2 is 2.11 bits per heavy atom. The van der Waals surface area contributed by atoms with Crippen molar-refractivity contribution >= 4 is 34.6 Å². The summed E-state index contributed by atoms with van der Waals surface area (Å²) >= 11 is 1.82. The quantitative estimate of drug-likeness (QED) is 0.754. The zero-order valence-corrected chi connectivity index (χ0v) is 12.6. The van der Waals surface area contributed by atoms with Gasteiger partial charge in [-0.15, -0.1) is 0 Å². The number of rotatable bonds is 6. The fourth-order valence-electron chi connectivity index (χ4n) is 1.58. The van der Waals surface area contributed by atoms with Crippen LogP contribution in [0.2, 0.25) is 0 Å². The highest BCUT2D eigenvalue weighted by molar-refractivity contribution is 7.99. The van der Waals surface area contributed by atoms with E-state index < -0.39 is 0 Å². The number of aromatic amines is 1. The second-order valence-electron chi connectivity index (χ2n) is 4.88. The molecule has 0 saturated heterocycles. The Morgan fingerprint density at radius 3 is 2.79 bits per heavy atom. The van der Waals surface area contributed by atoms with Crippen molar-refractivity contribution in [3.63, 3.8) is 0 Å². The molecule has 104 valence electrons. The Morgan fingerprint density at radius 1 is 1.32 bits per heavy atom. The third kappa shape index (κ3) is 3.28. The summed E-state index contributed by atoms with van der Waals surface area (Å²) in [4.78, 5) is 8.86. The second kappa shape index (κ2) is 5.64. The van der Waals surface area contributed by atoms with Gasteiger partial charge in [-0.1, -0.05) is 0 Å². The summed E-state index contributed by atoms with van der Waals surface area (Å²) in [7, 11) is 0. The van der Waals surface area contributed by atoms with Crippen LogP contribution in [0.3, 0.4) is 0 Å². The molecule has 0 amide bonds. The summed E-state index contributed by atoms with van der Waals surface area (Å²) in [6.45, 7) is 8.03. The number of thioether (sulfide) groups is 1. The van der Waals surface area contributed by atoms with Gasteiger partial charge >= 0.3 is 0 Å². The van der Waals surface area contributed by atoms with Gasteiger partial charge in [0.2, 0.25) is 5.95 Å². The van der Waals surface area contributed by atoms with Gasteiger partial charge in [0, 0.05) is 17.8 Å². The number of anilines is 2. The highest BCUT2D eigenvalue weighted by Crippen LogP contribution is 2.24. The van der Waals surface area contributed by atoms with Gasteiger partial charge in [0.25, 0.3) is 0 Å². The maximum Gasteiger partial charge on any atom is 0.226 e. The summed E-state index contributed by atoms with van der Waals surface area (Å²) in [5, 5.41) is 14.3. The molecule has 0 atom stereocenters. The average molecular weight is 280 g/mol. The molecule has 0 saturated carbocycles. The summed E-state index contributed by atoms with van der Waals surface area (Å²) in [5.74, 6) is 1.43. The SMILES string of the molecule is CCNc1nc(NCC(C)(C)SC)c2cn[nH]c2n1. The molecular formula is C12H20N6S. The van der Waals surface area contributed by atoms with Crippen LogP contribution in [0, 0.1) is 0 Å². The van der Waals surface area contributed by atoms with Crippen LogP contribution in [0.5, 0.6) is 0 Å². The molecule has 6 nitrogen and oxygen atoms in total. The highest BCUT2D eigenvalue weighted by Gasteiger charge is 2.17. The molecule has 2 heterocycles. The molecule has 3 N–H and O–H groups in total. The van der Waals surface area contributed by atoms with E-state index in [4.69, 9.17) is 0 Å². The fourth-order valence-corrected chi connectivity index (χ4v) is 1.79. The molecule has 0 fully saturated rings. The minimum absolute atomic E-state index is 0.152. The van der Waals surface area contributed by atoms with Crippen molar-refractivity contribution in [3.05, 3.63) is 6.20 Å². The van der Waals surface area contributed by atoms with E-state index in [2.05, 4.69) is 50.9 Å². The second-order valence-corrected chi connectivity index (χ2v) is 6.39. The first-order valence-electron chi connectivity index (χ1n) is 6.30. The monoisotopic (exact) mass is 280 g/mol. The van der Waals surface area contributed by atoms with E-state index in [9.17, 15) is 0 Å². The molecule has 0 aliphatic heterocycles. The van der Waals surface area contributed by atoms with Gasteiger partial charge < -0.3 is 10.6 Å². The first kappa shape index (κ1) is 13.9. The van der Waals surface area contributed by atoms with E-state index in [1.165, 1.54) is 0 Å². The molecule has 2 rings (SSSR count). The van der Waals surface area contributed by atoms with Crippen molar-refractivity contribution in [2.24, 2.45) is 0 Å². The van der Waals surface area contributed by atoms with Crippen LogP contribution in [0.25, 0.3) is 11.0 Å². The van der Waals surface area contributed by atoms with Crippen molar-refractivity contribution in [3.8, 4) is 0 Å². The summed E-state index contributed by atoms with van der Waals surface area (Å²) in [6.07, 6.45) is 3.86. The molecular weight excluding hydrogens is 260 g/mol. The third-order valence-electron chi connectivity index (χ3n) is 2.88. The van der Waals surface area contributed by atoms with E-state index in [0.29, 0.717) is 5.95 Å². The number of nitrogens with one attached hydrogen (secondary N) is 3. The van der Waals surface area contributed by atoms with E-state index in [1.54, 1.807) is 6.20 Å². The lowest BCUT2D eigenvalue weighted by Crippen LogP contribution is -2.26. The van der Waals surface area contributed by atoms with Gasteiger partial charge in [0.05, 0.1) is 11.6 Å².